The van der Waals surface area contributed by atoms with E-state index < -0.39 is 0 Å². The van der Waals surface area contributed by atoms with Crippen molar-refractivity contribution in [3.05, 3.63) is 77.9 Å². The van der Waals surface area contributed by atoms with E-state index in [0.29, 0.717) is 11.5 Å². The van der Waals surface area contributed by atoms with Crippen LogP contribution in [0.3, 0.4) is 0 Å². The fourth-order valence-corrected chi connectivity index (χ4v) is 3.03. The van der Waals surface area contributed by atoms with Crippen LogP contribution in [0.2, 0.25) is 0 Å². The first-order valence-corrected chi connectivity index (χ1v) is 8.06. The highest BCUT2D eigenvalue weighted by molar-refractivity contribution is 5.70. The molecule has 1 aliphatic rings. The standard InChI is InChI=1S/C20H15FN4/c21-16-6-7-17(15-4-2-1-3-5-15)18(10-16)20(8-9-20)25-19-23-12-14(11-22)13-24-19/h1-7,10,12-13H,8-9H2,(H,23,24,25). The van der Waals surface area contributed by atoms with Gasteiger partial charge in [-0.3, -0.25) is 0 Å². The van der Waals surface area contributed by atoms with Crippen LogP contribution in [0.25, 0.3) is 11.1 Å². The molecule has 122 valence electrons. The molecule has 0 spiro atoms. The van der Waals surface area contributed by atoms with Gasteiger partial charge in [-0.05, 0) is 41.7 Å². The SMILES string of the molecule is N#Cc1cnc(NC2(c3cc(F)ccc3-c3ccccc3)CC2)nc1. The van der Waals surface area contributed by atoms with Crippen LogP contribution in [0.4, 0.5) is 10.3 Å². The predicted octanol–water partition coefficient (Wildman–Crippen LogP) is 4.26. The lowest BCUT2D eigenvalue weighted by molar-refractivity contribution is 0.621. The number of nitrogens with zero attached hydrogens (tertiary/aromatic N) is 3. The monoisotopic (exact) mass is 330 g/mol. The van der Waals surface area contributed by atoms with Crippen LogP contribution >= 0.6 is 0 Å². The van der Waals surface area contributed by atoms with E-state index in [0.717, 1.165) is 29.5 Å². The maximum Gasteiger partial charge on any atom is 0.223 e. The molecular weight excluding hydrogens is 315 g/mol. The van der Waals surface area contributed by atoms with Gasteiger partial charge in [-0.2, -0.15) is 5.26 Å². The third kappa shape index (κ3) is 2.94. The Kier molecular flexibility index (Phi) is 3.66. The normalized spacial score (nSPS) is 14.6. The Balaban J connectivity index is 1.73. The smallest absolute Gasteiger partial charge is 0.223 e. The average molecular weight is 330 g/mol. The van der Waals surface area contributed by atoms with Crippen molar-refractivity contribution in [2.24, 2.45) is 0 Å². The second kappa shape index (κ2) is 5.99. The Morgan fingerprint density at radius 1 is 1.04 bits per heavy atom. The average Bonchev–Trinajstić information content (AvgIpc) is 3.44. The van der Waals surface area contributed by atoms with E-state index in [2.05, 4.69) is 15.3 Å². The number of hydrogen-bond donors (Lipinski definition) is 1. The Bertz CT molecular complexity index is 942. The Hall–Kier alpha value is -3.26. The van der Waals surface area contributed by atoms with Crippen molar-refractivity contribution >= 4 is 5.95 Å². The van der Waals surface area contributed by atoms with Crippen molar-refractivity contribution in [1.82, 2.24) is 9.97 Å². The van der Waals surface area contributed by atoms with Gasteiger partial charge >= 0.3 is 0 Å². The van der Waals surface area contributed by atoms with Crippen LogP contribution in [0, 0.1) is 17.1 Å². The topological polar surface area (TPSA) is 61.6 Å². The van der Waals surface area contributed by atoms with Crippen LogP contribution in [0.1, 0.15) is 24.0 Å². The van der Waals surface area contributed by atoms with E-state index in [1.807, 2.05) is 42.5 Å². The molecule has 1 saturated carbocycles. The molecule has 0 saturated heterocycles. The Morgan fingerprint density at radius 2 is 1.76 bits per heavy atom. The summed E-state index contributed by atoms with van der Waals surface area (Å²) in [6.45, 7) is 0. The summed E-state index contributed by atoms with van der Waals surface area (Å²) in [5, 5.41) is 12.2. The largest absolute Gasteiger partial charge is 0.345 e. The van der Waals surface area contributed by atoms with Gasteiger partial charge in [0.15, 0.2) is 0 Å². The molecule has 2 aromatic carbocycles. The fourth-order valence-electron chi connectivity index (χ4n) is 3.03. The number of nitrogens with one attached hydrogen (secondary N) is 1. The zero-order chi connectivity index (χ0) is 17.3. The minimum atomic E-state index is -0.374. The zero-order valence-corrected chi connectivity index (χ0v) is 13.4. The molecule has 0 amide bonds. The van der Waals surface area contributed by atoms with Crippen LogP contribution in [-0.2, 0) is 5.54 Å². The van der Waals surface area contributed by atoms with Crippen LogP contribution in [-0.4, -0.2) is 9.97 Å². The van der Waals surface area contributed by atoms with Crippen molar-refractivity contribution < 1.29 is 4.39 Å². The minimum Gasteiger partial charge on any atom is -0.345 e. The molecular formula is C20H15FN4. The number of hydrogen-bond acceptors (Lipinski definition) is 4. The molecule has 25 heavy (non-hydrogen) atoms. The van der Waals surface area contributed by atoms with Crippen molar-refractivity contribution in [1.29, 1.82) is 5.26 Å². The summed E-state index contributed by atoms with van der Waals surface area (Å²) < 4.78 is 14.0. The molecule has 4 rings (SSSR count). The quantitative estimate of drug-likeness (QED) is 0.776. The van der Waals surface area contributed by atoms with Gasteiger partial charge in [0, 0.05) is 0 Å². The number of nitriles is 1. The van der Waals surface area contributed by atoms with Crippen LogP contribution < -0.4 is 5.32 Å². The predicted molar refractivity (Wildman–Crippen MR) is 93.1 cm³/mol. The lowest BCUT2D eigenvalue weighted by Crippen LogP contribution is -2.21. The summed E-state index contributed by atoms with van der Waals surface area (Å²) in [7, 11) is 0. The van der Waals surface area contributed by atoms with Crippen molar-refractivity contribution in [2.75, 3.05) is 5.32 Å². The summed E-state index contributed by atoms with van der Waals surface area (Å²) in [5.41, 5.74) is 2.99. The molecule has 5 heteroatoms. The van der Waals surface area contributed by atoms with Crippen molar-refractivity contribution in [3.8, 4) is 17.2 Å². The van der Waals surface area contributed by atoms with Gasteiger partial charge in [0.1, 0.15) is 11.9 Å². The molecule has 3 aromatic rings. The highest BCUT2D eigenvalue weighted by Gasteiger charge is 2.46. The molecule has 1 aliphatic carbocycles. The van der Waals surface area contributed by atoms with Gasteiger partial charge in [0.05, 0.1) is 23.5 Å². The molecule has 1 heterocycles. The number of anilines is 1. The first kappa shape index (κ1) is 15.3. The first-order chi connectivity index (χ1) is 12.2. The molecule has 0 aliphatic heterocycles. The third-order valence-corrected chi connectivity index (χ3v) is 4.46. The second-order valence-corrected chi connectivity index (χ2v) is 6.17. The maximum absolute atomic E-state index is 14.0. The number of halogens is 1. The maximum atomic E-state index is 14.0. The minimum absolute atomic E-state index is 0.261. The van der Waals surface area contributed by atoms with E-state index in [1.54, 1.807) is 6.07 Å². The van der Waals surface area contributed by atoms with E-state index in [1.165, 1.54) is 18.5 Å². The van der Waals surface area contributed by atoms with E-state index in [-0.39, 0.29) is 11.4 Å². The zero-order valence-electron chi connectivity index (χ0n) is 13.4. The molecule has 4 nitrogen and oxygen atoms in total. The molecule has 0 bridgehead atoms. The number of rotatable bonds is 4. The number of benzene rings is 2. The van der Waals surface area contributed by atoms with Crippen LogP contribution in [0.15, 0.2) is 60.9 Å². The second-order valence-electron chi connectivity index (χ2n) is 6.17. The Labute approximate surface area is 145 Å². The highest BCUT2D eigenvalue weighted by Crippen LogP contribution is 2.51. The lowest BCUT2D eigenvalue weighted by atomic mass is 9.93. The van der Waals surface area contributed by atoms with Gasteiger partial charge in [0.25, 0.3) is 0 Å². The molecule has 1 aromatic heterocycles. The van der Waals surface area contributed by atoms with Crippen molar-refractivity contribution in [2.45, 2.75) is 18.4 Å². The first-order valence-electron chi connectivity index (χ1n) is 8.06. The summed E-state index contributed by atoms with van der Waals surface area (Å²) in [6, 6.07) is 16.8. The summed E-state index contributed by atoms with van der Waals surface area (Å²) >= 11 is 0. The van der Waals surface area contributed by atoms with E-state index in [4.69, 9.17) is 5.26 Å². The van der Waals surface area contributed by atoms with E-state index >= 15 is 0 Å². The summed E-state index contributed by atoms with van der Waals surface area (Å²) in [5.74, 6) is 0.184. The van der Waals surface area contributed by atoms with Crippen LogP contribution in [0.5, 0.6) is 0 Å². The molecule has 0 radical (unpaired) electrons. The van der Waals surface area contributed by atoms with Crippen molar-refractivity contribution in [3.63, 3.8) is 0 Å². The third-order valence-electron chi connectivity index (χ3n) is 4.46. The van der Waals surface area contributed by atoms with Gasteiger partial charge in [0.2, 0.25) is 5.95 Å². The Morgan fingerprint density at radius 3 is 2.40 bits per heavy atom. The van der Waals surface area contributed by atoms with Gasteiger partial charge < -0.3 is 5.32 Å². The van der Waals surface area contributed by atoms with Gasteiger partial charge in [-0.25, -0.2) is 14.4 Å². The molecule has 1 fully saturated rings. The van der Waals surface area contributed by atoms with E-state index in [9.17, 15) is 4.39 Å². The molecule has 0 atom stereocenters. The van der Waals surface area contributed by atoms with Gasteiger partial charge in [-0.1, -0.05) is 36.4 Å². The molecule has 1 N–H and O–H groups in total. The molecule has 0 unspecified atom stereocenters. The number of aromatic nitrogens is 2. The highest BCUT2D eigenvalue weighted by atomic mass is 19.1. The summed E-state index contributed by atoms with van der Waals surface area (Å²) in [4.78, 5) is 8.37. The lowest BCUT2D eigenvalue weighted by Gasteiger charge is -2.21. The fraction of sp³-hybridized carbons (Fsp3) is 0.150. The van der Waals surface area contributed by atoms with Gasteiger partial charge in [-0.15, -0.1) is 0 Å². The summed E-state index contributed by atoms with van der Waals surface area (Å²) in [6.07, 6.45) is 4.71.